The fourth-order valence-electron chi connectivity index (χ4n) is 2.77. The Balaban J connectivity index is 2.02. The van der Waals surface area contributed by atoms with E-state index in [0.717, 1.165) is 18.4 Å². The third kappa shape index (κ3) is 3.33. The van der Waals surface area contributed by atoms with Crippen molar-refractivity contribution in [3.8, 4) is 0 Å². The molecule has 1 saturated carbocycles. The second-order valence-electron chi connectivity index (χ2n) is 5.49. The quantitative estimate of drug-likeness (QED) is 0.841. The molecule has 1 aromatic rings. The molecule has 0 aromatic heterocycles. The molecule has 3 heteroatoms. The van der Waals surface area contributed by atoms with E-state index in [4.69, 9.17) is 0 Å². The summed E-state index contributed by atoms with van der Waals surface area (Å²) < 4.78 is 0. The van der Waals surface area contributed by atoms with Crippen molar-refractivity contribution in [2.45, 2.75) is 50.6 Å². The van der Waals surface area contributed by atoms with Crippen LogP contribution in [0.3, 0.4) is 0 Å². The highest BCUT2D eigenvalue weighted by atomic mass is 16.4. The van der Waals surface area contributed by atoms with Crippen LogP contribution in [-0.2, 0) is 11.2 Å². The summed E-state index contributed by atoms with van der Waals surface area (Å²) >= 11 is 0. The number of benzene rings is 1. The molecule has 0 bridgehead atoms. The number of carboxylic acids is 1. The van der Waals surface area contributed by atoms with Gasteiger partial charge in [-0.05, 0) is 31.7 Å². The Bertz CT molecular complexity index is 396. The molecule has 2 N–H and O–H groups in total. The smallest absolute Gasteiger partial charge is 0.321 e. The standard InChI is InChI=1S/C15H21NO2/c1-15(9-5-6-10-15)16-13(14(17)18)11-12-7-3-2-4-8-12/h2-4,7-8,13,16H,5-6,9-11H2,1H3,(H,17,18). The first kappa shape index (κ1) is 13.1. The molecule has 1 fully saturated rings. The number of hydrogen-bond acceptors (Lipinski definition) is 2. The van der Waals surface area contributed by atoms with Gasteiger partial charge in [0.1, 0.15) is 6.04 Å². The summed E-state index contributed by atoms with van der Waals surface area (Å²) in [6.45, 7) is 2.14. The molecular formula is C15H21NO2. The minimum absolute atomic E-state index is 0.00215. The first-order valence-electron chi connectivity index (χ1n) is 6.63. The zero-order valence-electron chi connectivity index (χ0n) is 10.9. The van der Waals surface area contributed by atoms with E-state index >= 15 is 0 Å². The lowest BCUT2D eigenvalue weighted by Crippen LogP contribution is -2.50. The molecule has 3 nitrogen and oxygen atoms in total. The molecule has 0 spiro atoms. The van der Waals surface area contributed by atoms with Crippen molar-refractivity contribution in [1.29, 1.82) is 0 Å². The van der Waals surface area contributed by atoms with Crippen molar-refractivity contribution in [3.63, 3.8) is 0 Å². The zero-order chi connectivity index (χ0) is 13.0. The van der Waals surface area contributed by atoms with Gasteiger partial charge in [0.25, 0.3) is 0 Å². The minimum Gasteiger partial charge on any atom is -0.480 e. The van der Waals surface area contributed by atoms with Gasteiger partial charge in [-0.1, -0.05) is 43.2 Å². The van der Waals surface area contributed by atoms with E-state index in [1.165, 1.54) is 12.8 Å². The van der Waals surface area contributed by atoms with E-state index in [2.05, 4.69) is 12.2 Å². The van der Waals surface area contributed by atoms with Gasteiger partial charge in [0, 0.05) is 5.54 Å². The van der Waals surface area contributed by atoms with Crippen molar-refractivity contribution >= 4 is 5.97 Å². The Morgan fingerprint density at radius 1 is 1.33 bits per heavy atom. The molecule has 0 amide bonds. The predicted molar refractivity (Wildman–Crippen MR) is 71.6 cm³/mol. The monoisotopic (exact) mass is 247 g/mol. The van der Waals surface area contributed by atoms with Crippen molar-refractivity contribution in [3.05, 3.63) is 35.9 Å². The van der Waals surface area contributed by atoms with E-state index < -0.39 is 12.0 Å². The van der Waals surface area contributed by atoms with E-state index in [1.807, 2.05) is 30.3 Å². The summed E-state index contributed by atoms with van der Waals surface area (Å²) in [5.41, 5.74) is 1.07. The van der Waals surface area contributed by atoms with Crippen LogP contribution in [0.5, 0.6) is 0 Å². The zero-order valence-corrected chi connectivity index (χ0v) is 10.9. The highest BCUT2D eigenvalue weighted by molar-refractivity contribution is 5.74. The van der Waals surface area contributed by atoms with Gasteiger partial charge in [-0.25, -0.2) is 0 Å². The number of rotatable bonds is 5. The van der Waals surface area contributed by atoms with Gasteiger partial charge in [-0.2, -0.15) is 0 Å². The molecule has 1 atom stereocenters. The first-order chi connectivity index (χ1) is 8.59. The molecule has 2 rings (SSSR count). The molecule has 1 aliphatic rings. The Hall–Kier alpha value is -1.35. The molecule has 1 unspecified atom stereocenters. The van der Waals surface area contributed by atoms with Crippen LogP contribution >= 0.6 is 0 Å². The number of carboxylic acid groups (broad SMARTS) is 1. The molecule has 0 heterocycles. The van der Waals surface area contributed by atoms with Crippen LogP contribution in [0, 0.1) is 0 Å². The SMILES string of the molecule is CC1(NC(Cc2ccccc2)C(=O)O)CCCC1. The van der Waals surface area contributed by atoms with Crippen molar-refractivity contribution in [1.82, 2.24) is 5.32 Å². The molecule has 0 aliphatic heterocycles. The van der Waals surface area contributed by atoms with E-state index in [0.29, 0.717) is 6.42 Å². The fraction of sp³-hybridized carbons (Fsp3) is 0.533. The molecule has 0 saturated heterocycles. The maximum atomic E-state index is 11.4. The summed E-state index contributed by atoms with van der Waals surface area (Å²) in [5.74, 6) is -0.757. The lowest BCUT2D eigenvalue weighted by atomic mass is 9.97. The van der Waals surface area contributed by atoms with Crippen LogP contribution in [0.15, 0.2) is 30.3 Å². The average molecular weight is 247 g/mol. The van der Waals surface area contributed by atoms with Crippen molar-refractivity contribution in [2.24, 2.45) is 0 Å². The average Bonchev–Trinajstić information content (AvgIpc) is 2.76. The van der Waals surface area contributed by atoms with Crippen LogP contribution in [0.1, 0.15) is 38.2 Å². The van der Waals surface area contributed by atoms with Gasteiger partial charge in [0.05, 0.1) is 0 Å². The van der Waals surface area contributed by atoms with E-state index in [-0.39, 0.29) is 5.54 Å². The molecule has 98 valence electrons. The van der Waals surface area contributed by atoms with Gasteiger partial charge < -0.3 is 5.11 Å². The summed E-state index contributed by atoms with van der Waals surface area (Å²) in [6.07, 6.45) is 5.09. The van der Waals surface area contributed by atoms with Crippen LogP contribution in [0.25, 0.3) is 0 Å². The number of aliphatic carboxylic acids is 1. The number of nitrogens with one attached hydrogen (secondary N) is 1. The number of hydrogen-bond donors (Lipinski definition) is 2. The molecule has 18 heavy (non-hydrogen) atoms. The highest BCUT2D eigenvalue weighted by Gasteiger charge is 2.33. The molecule has 0 radical (unpaired) electrons. The van der Waals surface area contributed by atoms with Gasteiger partial charge in [-0.15, -0.1) is 0 Å². The predicted octanol–water partition coefficient (Wildman–Crippen LogP) is 2.60. The van der Waals surface area contributed by atoms with Crippen molar-refractivity contribution < 1.29 is 9.90 Å². The van der Waals surface area contributed by atoms with Gasteiger partial charge in [0.2, 0.25) is 0 Å². The second-order valence-corrected chi connectivity index (χ2v) is 5.49. The first-order valence-corrected chi connectivity index (χ1v) is 6.63. The Morgan fingerprint density at radius 2 is 1.94 bits per heavy atom. The highest BCUT2D eigenvalue weighted by Crippen LogP contribution is 2.29. The van der Waals surface area contributed by atoms with Crippen LogP contribution in [0.2, 0.25) is 0 Å². The van der Waals surface area contributed by atoms with E-state index in [1.54, 1.807) is 0 Å². The maximum Gasteiger partial charge on any atom is 0.321 e. The van der Waals surface area contributed by atoms with Crippen LogP contribution in [0.4, 0.5) is 0 Å². The fourth-order valence-corrected chi connectivity index (χ4v) is 2.77. The van der Waals surface area contributed by atoms with Crippen LogP contribution < -0.4 is 5.32 Å². The van der Waals surface area contributed by atoms with Crippen molar-refractivity contribution in [2.75, 3.05) is 0 Å². The lowest BCUT2D eigenvalue weighted by molar-refractivity contribution is -0.140. The topological polar surface area (TPSA) is 49.3 Å². The summed E-state index contributed by atoms with van der Waals surface area (Å²) in [5, 5.41) is 12.7. The Kier molecular flexibility index (Phi) is 4.02. The largest absolute Gasteiger partial charge is 0.480 e. The minimum atomic E-state index is -0.757. The lowest BCUT2D eigenvalue weighted by Gasteiger charge is -2.29. The summed E-state index contributed by atoms with van der Waals surface area (Å²) in [6, 6.07) is 9.32. The Morgan fingerprint density at radius 3 is 2.50 bits per heavy atom. The molecule has 1 aliphatic carbocycles. The number of carbonyl (C=O) groups is 1. The van der Waals surface area contributed by atoms with Gasteiger partial charge >= 0.3 is 5.97 Å². The summed E-state index contributed by atoms with van der Waals surface area (Å²) in [7, 11) is 0. The normalized spacial score (nSPS) is 19.6. The molecular weight excluding hydrogens is 226 g/mol. The van der Waals surface area contributed by atoms with Crippen LogP contribution in [-0.4, -0.2) is 22.7 Å². The second kappa shape index (κ2) is 5.53. The summed E-state index contributed by atoms with van der Waals surface area (Å²) in [4.78, 5) is 11.4. The molecule has 1 aromatic carbocycles. The van der Waals surface area contributed by atoms with Gasteiger partial charge in [-0.3, -0.25) is 10.1 Å². The third-order valence-electron chi connectivity index (χ3n) is 3.81. The maximum absolute atomic E-state index is 11.4. The third-order valence-corrected chi connectivity index (χ3v) is 3.81. The Labute approximate surface area is 108 Å². The van der Waals surface area contributed by atoms with E-state index in [9.17, 15) is 9.90 Å². The van der Waals surface area contributed by atoms with Gasteiger partial charge in [0.15, 0.2) is 0 Å².